The number of imide groups is 2. The number of benzene rings is 1. The second kappa shape index (κ2) is 5.35. The minimum absolute atomic E-state index is 0.0150. The number of nitrogens with two attached hydrogens (primary N) is 1. The van der Waals surface area contributed by atoms with Crippen molar-refractivity contribution in [2.75, 3.05) is 4.90 Å². The fraction of sp³-hybridized carbons (Fsp3) is 0. The summed E-state index contributed by atoms with van der Waals surface area (Å²) in [5.74, 6) is 2.83. The number of nitrogens with zero attached hydrogens (tertiary/aromatic N) is 2. The van der Waals surface area contributed by atoms with Crippen molar-refractivity contribution in [3.8, 4) is 0 Å². The summed E-state index contributed by atoms with van der Waals surface area (Å²) in [7, 11) is 0. The first-order valence-electron chi connectivity index (χ1n) is 5.50. The van der Waals surface area contributed by atoms with Crippen LogP contribution in [-0.4, -0.2) is 33.9 Å². The Labute approximate surface area is 122 Å². The molecule has 1 aromatic rings. The summed E-state index contributed by atoms with van der Waals surface area (Å²) >= 11 is 5.91. The molecule has 0 aliphatic carbocycles. The van der Waals surface area contributed by atoms with Gasteiger partial charge in [-0.2, -0.15) is 5.01 Å². The predicted octanol–water partition coefficient (Wildman–Crippen LogP) is 0.763. The number of anilines is 1. The topological polar surface area (TPSA) is 121 Å². The van der Waals surface area contributed by atoms with E-state index in [-0.39, 0.29) is 21.3 Å². The van der Waals surface area contributed by atoms with E-state index < -0.39 is 23.8 Å². The number of amides is 4. The zero-order valence-corrected chi connectivity index (χ0v) is 11.1. The molecule has 2 rings (SSSR count). The maximum absolute atomic E-state index is 11.8. The third-order valence-corrected chi connectivity index (χ3v) is 2.99. The van der Waals surface area contributed by atoms with Crippen LogP contribution in [-0.2, 0) is 9.59 Å². The molecule has 8 nitrogen and oxygen atoms in total. The molecule has 3 N–H and O–H groups in total. The highest BCUT2D eigenvalue weighted by Crippen LogP contribution is 2.29. The number of carboxylic acid groups (broad SMARTS) is 1. The van der Waals surface area contributed by atoms with Crippen molar-refractivity contribution in [1.82, 2.24) is 5.01 Å². The van der Waals surface area contributed by atoms with Crippen LogP contribution in [0.25, 0.3) is 0 Å². The molecule has 0 bridgehead atoms. The van der Waals surface area contributed by atoms with Crippen LogP contribution in [0.3, 0.4) is 0 Å². The first-order valence-corrected chi connectivity index (χ1v) is 5.88. The van der Waals surface area contributed by atoms with Crippen molar-refractivity contribution in [1.29, 1.82) is 0 Å². The molecule has 1 aliphatic heterocycles. The number of rotatable bonds is 2. The summed E-state index contributed by atoms with van der Waals surface area (Å²) in [6, 6.07) is 3.62. The van der Waals surface area contributed by atoms with Gasteiger partial charge in [0.15, 0.2) is 0 Å². The van der Waals surface area contributed by atoms with Gasteiger partial charge in [-0.25, -0.2) is 15.5 Å². The quantitative estimate of drug-likeness (QED) is 0.360. The molecule has 4 amide bonds. The lowest BCUT2D eigenvalue weighted by Crippen LogP contribution is -2.41. The standard InChI is InChI=1S/C12H8ClN3O5/c13-7-2-1-6(11(19)16(14)12(20)21)5-8(7)15-9(17)3-4-10(15)18/h1-5H,14H2,(H,20,21). The molecular formula is C12H8ClN3O5. The van der Waals surface area contributed by atoms with Crippen molar-refractivity contribution in [3.05, 3.63) is 40.9 Å². The molecule has 0 spiro atoms. The van der Waals surface area contributed by atoms with Gasteiger partial charge in [0.2, 0.25) is 0 Å². The van der Waals surface area contributed by atoms with Gasteiger partial charge in [-0.05, 0) is 18.2 Å². The van der Waals surface area contributed by atoms with Crippen molar-refractivity contribution in [2.45, 2.75) is 0 Å². The minimum Gasteiger partial charge on any atom is -0.464 e. The van der Waals surface area contributed by atoms with Crippen LogP contribution in [0.5, 0.6) is 0 Å². The average molecular weight is 310 g/mol. The van der Waals surface area contributed by atoms with E-state index in [0.29, 0.717) is 0 Å². The number of halogens is 1. The molecule has 0 fully saturated rings. The Kier molecular flexibility index (Phi) is 3.74. The van der Waals surface area contributed by atoms with E-state index in [0.717, 1.165) is 23.1 Å². The van der Waals surface area contributed by atoms with Gasteiger partial charge >= 0.3 is 6.09 Å². The van der Waals surface area contributed by atoms with Gasteiger partial charge in [0.1, 0.15) is 0 Å². The number of carbonyl (C=O) groups is 4. The van der Waals surface area contributed by atoms with Crippen LogP contribution >= 0.6 is 11.6 Å². The lowest BCUT2D eigenvalue weighted by atomic mass is 10.1. The molecule has 0 saturated heterocycles. The van der Waals surface area contributed by atoms with Crippen LogP contribution in [0.4, 0.5) is 10.5 Å². The van der Waals surface area contributed by atoms with E-state index >= 15 is 0 Å². The maximum Gasteiger partial charge on any atom is 0.429 e. The summed E-state index contributed by atoms with van der Waals surface area (Å²) in [6.45, 7) is 0. The van der Waals surface area contributed by atoms with E-state index in [1.54, 1.807) is 0 Å². The molecular weight excluding hydrogens is 302 g/mol. The highest BCUT2D eigenvalue weighted by Gasteiger charge is 2.28. The monoisotopic (exact) mass is 309 g/mol. The van der Waals surface area contributed by atoms with E-state index in [2.05, 4.69) is 0 Å². The Morgan fingerprint density at radius 2 is 1.76 bits per heavy atom. The predicted molar refractivity (Wildman–Crippen MR) is 71.5 cm³/mol. The summed E-state index contributed by atoms with van der Waals surface area (Å²) < 4.78 is 0. The van der Waals surface area contributed by atoms with Gasteiger partial charge in [0.25, 0.3) is 17.7 Å². The zero-order chi connectivity index (χ0) is 15.7. The lowest BCUT2D eigenvalue weighted by molar-refractivity contribution is -0.119. The number of carbonyl (C=O) groups excluding carboxylic acids is 3. The molecule has 0 radical (unpaired) electrons. The Morgan fingerprint density at radius 1 is 1.19 bits per heavy atom. The first-order chi connectivity index (χ1) is 9.82. The summed E-state index contributed by atoms with van der Waals surface area (Å²) in [5, 5.41) is 8.70. The minimum atomic E-state index is -1.65. The highest BCUT2D eigenvalue weighted by molar-refractivity contribution is 6.37. The van der Waals surface area contributed by atoms with Gasteiger partial charge in [-0.3, -0.25) is 14.4 Å². The molecule has 1 heterocycles. The Morgan fingerprint density at radius 3 is 2.29 bits per heavy atom. The van der Waals surface area contributed by atoms with Crippen LogP contribution < -0.4 is 10.7 Å². The molecule has 0 aromatic heterocycles. The van der Waals surface area contributed by atoms with E-state index in [4.69, 9.17) is 22.6 Å². The summed E-state index contributed by atoms with van der Waals surface area (Å²) in [4.78, 5) is 46.4. The van der Waals surface area contributed by atoms with Crippen molar-refractivity contribution in [2.24, 2.45) is 5.84 Å². The van der Waals surface area contributed by atoms with E-state index in [9.17, 15) is 19.2 Å². The van der Waals surface area contributed by atoms with Crippen LogP contribution in [0.1, 0.15) is 10.4 Å². The second-order valence-corrected chi connectivity index (χ2v) is 4.38. The smallest absolute Gasteiger partial charge is 0.429 e. The largest absolute Gasteiger partial charge is 0.464 e. The first kappa shape index (κ1) is 14.7. The second-order valence-electron chi connectivity index (χ2n) is 3.97. The van der Waals surface area contributed by atoms with Crippen molar-refractivity contribution >= 4 is 41.1 Å². The zero-order valence-electron chi connectivity index (χ0n) is 10.3. The number of hydrazine groups is 1. The summed E-state index contributed by atoms with van der Waals surface area (Å²) in [5.41, 5.74) is -0.159. The number of hydrogen-bond donors (Lipinski definition) is 2. The van der Waals surface area contributed by atoms with Gasteiger partial charge in [0, 0.05) is 17.7 Å². The maximum atomic E-state index is 11.8. The molecule has 108 valence electrons. The normalized spacial score (nSPS) is 13.7. The van der Waals surface area contributed by atoms with Gasteiger partial charge in [-0.1, -0.05) is 11.6 Å². The SMILES string of the molecule is NN(C(=O)O)C(=O)c1ccc(Cl)c(N2C(=O)C=CC2=O)c1. The van der Waals surface area contributed by atoms with Gasteiger partial charge in [0.05, 0.1) is 10.7 Å². The van der Waals surface area contributed by atoms with Crippen LogP contribution in [0, 0.1) is 0 Å². The molecule has 0 saturated carbocycles. The molecule has 21 heavy (non-hydrogen) atoms. The van der Waals surface area contributed by atoms with Crippen LogP contribution in [0.15, 0.2) is 30.4 Å². The Hall–Kier alpha value is -2.71. The van der Waals surface area contributed by atoms with Crippen molar-refractivity contribution in [3.63, 3.8) is 0 Å². The molecule has 1 aliphatic rings. The average Bonchev–Trinajstić information content (AvgIpc) is 2.77. The molecule has 9 heteroatoms. The van der Waals surface area contributed by atoms with Crippen molar-refractivity contribution < 1.29 is 24.3 Å². The van der Waals surface area contributed by atoms with Gasteiger partial charge in [-0.15, -0.1) is 0 Å². The molecule has 0 atom stereocenters. The van der Waals surface area contributed by atoms with E-state index in [1.807, 2.05) is 0 Å². The van der Waals surface area contributed by atoms with Gasteiger partial charge < -0.3 is 5.11 Å². The highest BCUT2D eigenvalue weighted by atomic mass is 35.5. The fourth-order valence-electron chi connectivity index (χ4n) is 1.68. The fourth-order valence-corrected chi connectivity index (χ4v) is 1.88. The molecule has 0 unspecified atom stereocenters. The lowest BCUT2D eigenvalue weighted by Gasteiger charge is -2.17. The summed E-state index contributed by atoms with van der Waals surface area (Å²) in [6.07, 6.45) is 0.464. The Balaban J connectivity index is 2.43. The van der Waals surface area contributed by atoms with Crippen LogP contribution in [0.2, 0.25) is 5.02 Å². The number of hydrogen-bond acceptors (Lipinski definition) is 5. The third-order valence-electron chi connectivity index (χ3n) is 2.67. The molecule has 1 aromatic carbocycles. The van der Waals surface area contributed by atoms with E-state index in [1.165, 1.54) is 12.1 Å². The Bertz CT molecular complexity index is 682. The third kappa shape index (κ3) is 2.62.